The van der Waals surface area contributed by atoms with E-state index in [4.69, 9.17) is 23.2 Å². The zero-order valence-electron chi connectivity index (χ0n) is 11.7. The van der Waals surface area contributed by atoms with Gasteiger partial charge in [-0.25, -0.2) is 8.42 Å². The normalized spacial score (nSPS) is 32.9. The second-order valence-corrected chi connectivity index (χ2v) is 8.69. The highest BCUT2D eigenvalue weighted by Gasteiger charge is 2.45. The summed E-state index contributed by atoms with van der Waals surface area (Å²) in [6.07, 6.45) is -0.722. The van der Waals surface area contributed by atoms with E-state index in [0.29, 0.717) is 25.9 Å². The van der Waals surface area contributed by atoms with E-state index in [2.05, 4.69) is 0 Å². The maximum absolute atomic E-state index is 12.8. The van der Waals surface area contributed by atoms with Crippen LogP contribution in [0.1, 0.15) is 12.8 Å². The Hall–Kier alpha value is -0.370. The van der Waals surface area contributed by atoms with Gasteiger partial charge in [0.05, 0.1) is 22.3 Å². The van der Waals surface area contributed by atoms with Gasteiger partial charge in [0.15, 0.2) is 0 Å². The third kappa shape index (κ3) is 2.77. The SMILES string of the molecule is O=S(=O)(c1cccc(Cl)c1Cl)N1C[C@H]2C[C@@H](O)[C@H](O)C[C@H]2C1. The van der Waals surface area contributed by atoms with Crippen molar-refractivity contribution in [1.29, 1.82) is 0 Å². The van der Waals surface area contributed by atoms with E-state index in [1.165, 1.54) is 10.4 Å². The Labute approximate surface area is 139 Å². The highest BCUT2D eigenvalue weighted by molar-refractivity contribution is 7.89. The summed E-state index contributed by atoms with van der Waals surface area (Å²) in [6.45, 7) is 0.666. The fourth-order valence-electron chi connectivity index (χ4n) is 3.38. The van der Waals surface area contributed by atoms with Crippen LogP contribution in [0.3, 0.4) is 0 Å². The molecular weight excluding hydrogens is 349 g/mol. The van der Waals surface area contributed by atoms with Crippen molar-refractivity contribution in [2.75, 3.05) is 13.1 Å². The first-order chi connectivity index (χ1) is 10.3. The van der Waals surface area contributed by atoms with Gasteiger partial charge in [0.25, 0.3) is 0 Å². The summed E-state index contributed by atoms with van der Waals surface area (Å²) in [4.78, 5) is 0.00131. The van der Waals surface area contributed by atoms with E-state index in [0.717, 1.165) is 0 Å². The van der Waals surface area contributed by atoms with Crippen LogP contribution in [0.5, 0.6) is 0 Å². The number of fused-ring (bicyclic) bond motifs is 1. The second-order valence-electron chi connectivity index (χ2n) is 6.00. The molecule has 122 valence electrons. The lowest BCUT2D eigenvalue weighted by Gasteiger charge is -2.31. The number of aliphatic hydroxyl groups is 2. The topological polar surface area (TPSA) is 77.8 Å². The van der Waals surface area contributed by atoms with Crippen LogP contribution in [0.25, 0.3) is 0 Å². The zero-order valence-corrected chi connectivity index (χ0v) is 14.0. The smallest absolute Gasteiger partial charge is 0.244 e. The molecule has 0 bridgehead atoms. The molecular formula is C14H17Cl2NO4S. The van der Waals surface area contributed by atoms with Gasteiger partial charge >= 0.3 is 0 Å². The Morgan fingerprint density at radius 3 is 2.14 bits per heavy atom. The van der Waals surface area contributed by atoms with E-state index >= 15 is 0 Å². The number of hydrogen-bond acceptors (Lipinski definition) is 4. The van der Waals surface area contributed by atoms with E-state index in [1.807, 2.05) is 0 Å². The van der Waals surface area contributed by atoms with Gasteiger partial charge < -0.3 is 10.2 Å². The van der Waals surface area contributed by atoms with Crippen molar-refractivity contribution in [2.24, 2.45) is 11.8 Å². The van der Waals surface area contributed by atoms with Gasteiger partial charge in [0.2, 0.25) is 10.0 Å². The molecule has 22 heavy (non-hydrogen) atoms. The van der Waals surface area contributed by atoms with E-state index < -0.39 is 22.2 Å². The molecule has 3 rings (SSSR count). The average Bonchev–Trinajstić information content (AvgIpc) is 2.86. The van der Waals surface area contributed by atoms with E-state index in [1.54, 1.807) is 12.1 Å². The number of hydrogen-bond donors (Lipinski definition) is 2. The molecule has 8 heteroatoms. The summed E-state index contributed by atoms with van der Waals surface area (Å²) in [6, 6.07) is 4.53. The third-order valence-electron chi connectivity index (χ3n) is 4.61. The number of sulfonamides is 1. The lowest BCUT2D eigenvalue weighted by molar-refractivity contribution is -0.0372. The number of rotatable bonds is 2. The van der Waals surface area contributed by atoms with Gasteiger partial charge in [-0.15, -0.1) is 0 Å². The van der Waals surface area contributed by atoms with Crippen molar-refractivity contribution in [2.45, 2.75) is 29.9 Å². The van der Waals surface area contributed by atoms with Crippen LogP contribution in [0.4, 0.5) is 0 Å². The predicted molar refractivity (Wildman–Crippen MR) is 83.4 cm³/mol. The van der Waals surface area contributed by atoms with Gasteiger partial charge in [0.1, 0.15) is 4.90 Å². The second kappa shape index (κ2) is 5.92. The minimum absolute atomic E-state index is 0.00131. The van der Waals surface area contributed by atoms with Crippen molar-refractivity contribution in [3.8, 4) is 0 Å². The Bertz CT molecular complexity index is 663. The van der Waals surface area contributed by atoms with Crippen molar-refractivity contribution in [1.82, 2.24) is 4.31 Å². The molecule has 1 aliphatic carbocycles. The lowest BCUT2D eigenvalue weighted by Crippen LogP contribution is -2.38. The Morgan fingerprint density at radius 2 is 1.59 bits per heavy atom. The van der Waals surface area contributed by atoms with E-state index in [-0.39, 0.29) is 26.8 Å². The van der Waals surface area contributed by atoms with Crippen LogP contribution in [0.15, 0.2) is 23.1 Å². The molecule has 1 saturated heterocycles. The summed E-state index contributed by atoms with van der Waals surface area (Å²) in [7, 11) is -3.73. The van der Waals surface area contributed by atoms with Crippen molar-refractivity contribution in [3.05, 3.63) is 28.2 Å². The summed E-state index contributed by atoms with van der Waals surface area (Å²) in [5.41, 5.74) is 0. The summed E-state index contributed by atoms with van der Waals surface area (Å²) in [5.74, 6) is 0.122. The molecule has 2 aliphatic rings. The first-order valence-electron chi connectivity index (χ1n) is 7.11. The third-order valence-corrected chi connectivity index (χ3v) is 7.41. The van der Waals surface area contributed by atoms with Gasteiger partial charge in [-0.2, -0.15) is 4.31 Å². The predicted octanol–water partition coefficient (Wildman–Crippen LogP) is 1.75. The summed E-state index contributed by atoms with van der Waals surface area (Å²) >= 11 is 11.9. The molecule has 2 fully saturated rings. The van der Waals surface area contributed by atoms with Crippen LogP contribution in [-0.4, -0.2) is 48.2 Å². The quantitative estimate of drug-likeness (QED) is 0.836. The van der Waals surface area contributed by atoms with Crippen molar-refractivity contribution >= 4 is 33.2 Å². The molecule has 1 aromatic carbocycles. The van der Waals surface area contributed by atoms with E-state index in [9.17, 15) is 18.6 Å². The molecule has 4 atom stereocenters. The Balaban J connectivity index is 1.87. The lowest BCUT2D eigenvalue weighted by atomic mass is 9.79. The summed E-state index contributed by atoms with van der Waals surface area (Å²) in [5, 5.41) is 19.7. The fourth-order valence-corrected chi connectivity index (χ4v) is 5.67. The zero-order chi connectivity index (χ0) is 16.1. The van der Waals surface area contributed by atoms with Gasteiger partial charge in [0, 0.05) is 13.1 Å². The van der Waals surface area contributed by atoms with Crippen LogP contribution < -0.4 is 0 Å². The fraction of sp³-hybridized carbons (Fsp3) is 0.571. The molecule has 2 N–H and O–H groups in total. The summed E-state index contributed by atoms with van der Waals surface area (Å²) < 4.78 is 26.9. The standard InChI is InChI=1S/C14H17Cl2NO4S/c15-10-2-1-3-13(14(10)16)22(20,21)17-6-8-4-11(18)12(19)5-9(8)7-17/h1-3,8-9,11-12,18-19H,4-7H2/t8-,9+,11-,12-/m1/s1. The Morgan fingerprint density at radius 1 is 1.05 bits per heavy atom. The van der Waals surface area contributed by atoms with Crippen molar-refractivity contribution < 1.29 is 18.6 Å². The van der Waals surface area contributed by atoms with Crippen LogP contribution in [0.2, 0.25) is 10.0 Å². The van der Waals surface area contributed by atoms with Gasteiger partial charge in [-0.1, -0.05) is 29.3 Å². The largest absolute Gasteiger partial charge is 0.390 e. The first kappa shape index (κ1) is 16.5. The van der Waals surface area contributed by atoms with Crippen LogP contribution in [-0.2, 0) is 10.0 Å². The van der Waals surface area contributed by atoms with Gasteiger partial charge in [-0.3, -0.25) is 0 Å². The Kier molecular flexibility index (Phi) is 4.44. The van der Waals surface area contributed by atoms with Crippen molar-refractivity contribution in [3.63, 3.8) is 0 Å². The maximum Gasteiger partial charge on any atom is 0.244 e. The minimum atomic E-state index is -3.73. The molecule has 0 amide bonds. The molecule has 1 saturated carbocycles. The molecule has 0 radical (unpaired) electrons. The number of aliphatic hydroxyl groups excluding tert-OH is 2. The molecule has 0 unspecified atom stereocenters. The molecule has 1 heterocycles. The number of benzene rings is 1. The number of nitrogens with zero attached hydrogens (tertiary/aromatic N) is 1. The highest BCUT2D eigenvalue weighted by atomic mass is 35.5. The first-order valence-corrected chi connectivity index (χ1v) is 9.30. The minimum Gasteiger partial charge on any atom is -0.390 e. The number of halogens is 2. The molecule has 5 nitrogen and oxygen atoms in total. The van der Waals surface area contributed by atoms with Crippen LogP contribution in [0, 0.1) is 11.8 Å². The molecule has 1 aliphatic heterocycles. The molecule has 0 spiro atoms. The molecule has 0 aromatic heterocycles. The van der Waals surface area contributed by atoms with Crippen LogP contribution >= 0.6 is 23.2 Å². The highest BCUT2D eigenvalue weighted by Crippen LogP contribution is 2.40. The monoisotopic (exact) mass is 365 g/mol. The maximum atomic E-state index is 12.8. The van der Waals surface area contributed by atoms with Gasteiger partial charge in [-0.05, 0) is 36.8 Å². The average molecular weight is 366 g/mol. The molecule has 1 aromatic rings.